The zero-order valence-corrected chi connectivity index (χ0v) is 26.9. The average molecular weight is 562 g/mol. The summed E-state index contributed by atoms with van der Waals surface area (Å²) in [6.07, 6.45) is 38.5. The molecule has 0 amide bonds. The molecule has 0 aromatic carbocycles. The normalized spacial score (nSPS) is 14.9. The summed E-state index contributed by atoms with van der Waals surface area (Å²) < 4.78 is 11.3. The highest BCUT2D eigenvalue weighted by molar-refractivity contribution is 5.60. The summed E-state index contributed by atoms with van der Waals surface area (Å²) in [4.78, 5) is 14.8. The van der Waals surface area contributed by atoms with Crippen LogP contribution in [0.5, 0.6) is 0 Å². The minimum Gasteiger partial charge on any atom is -0.434 e. The molecule has 1 aliphatic heterocycles. The molecule has 0 aliphatic carbocycles. The van der Waals surface area contributed by atoms with Gasteiger partial charge in [0.25, 0.3) is 0 Å². The lowest BCUT2D eigenvalue weighted by Crippen LogP contribution is -2.23. The maximum atomic E-state index is 12.4. The lowest BCUT2D eigenvalue weighted by molar-refractivity contribution is 0.0148. The van der Waals surface area contributed by atoms with Gasteiger partial charge in [0.2, 0.25) is 0 Å². The Kier molecular flexibility index (Phi) is 26.8. The molecule has 1 heterocycles. The zero-order valence-electron chi connectivity index (χ0n) is 26.9. The molecule has 4 nitrogen and oxygen atoms in total. The molecule has 4 heteroatoms. The molecule has 1 rings (SSSR count). The van der Waals surface area contributed by atoms with Gasteiger partial charge >= 0.3 is 6.16 Å². The van der Waals surface area contributed by atoms with Gasteiger partial charge < -0.3 is 14.4 Å². The SMILES string of the molecule is CCCCC/C=C\C/C=C\CCCCCCCC(CCCCCCCCCC)OC(=O)OCCCN1CCCC1. The third-order valence-corrected chi connectivity index (χ3v) is 8.16. The number of carbonyl (C=O) groups excluding carboxylic acids is 1. The highest BCUT2D eigenvalue weighted by Gasteiger charge is 2.16. The van der Waals surface area contributed by atoms with Crippen LogP contribution in [-0.4, -0.2) is 43.4 Å². The van der Waals surface area contributed by atoms with E-state index in [-0.39, 0.29) is 6.10 Å². The molecule has 1 aliphatic rings. The van der Waals surface area contributed by atoms with Crippen LogP contribution in [0, 0.1) is 0 Å². The summed E-state index contributed by atoms with van der Waals surface area (Å²) >= 11 is 0. The molecule has 0 spiro atoms. The number of hydrogen-bond donors (Lipinski definition) is 0. The molecule has 0 radical (unpaired) electrons. The minimum absolute atomic E-state index is 0.0177. The summed E-state index contributed by atoms with van der Waals surface area (Å²) in [7, 11) is 0. The van der Waals surface area contributed by atoms with Gasteiger partial charge in [-0.1, -0.05) is 115 Å². The molecule has 1 fully saturated rings. The molecule has 0 saturated carbocycles. The maximum absolute atomic E-state index is 12.4. The molecule has 1 unspecified atom stereocenters. The van der Waals surface area contributed by atoms with Crippen LogP contribution < -0.4 is 0 Å². The van der Waals surface area contributed by atoms with Crippen molar-refractivity contribution in [1.29, 1.82) is 0 Å². The second kappa shape index (κ2) is 29.2. The van der Waals surface area contributed by atoms with Crippen molar-refractivity contribution in [1.82, 2.24) is 4.90 Å². The number of nitrogens with zero attached hydrogens (tertiary/aromatic N) is 1. The van der Waals surface area contributed by atoms with Gasteiger partial charge in [0.05, 0.1) is 6.61 Å². The Morgan fingerprint density at radius 2 is 1.15 bits per heavy atom. The molecular formula is C36H67NO3. The van der Waals surface area contributed by atoms with Crippen molar-refractivity contribution in [3.8, 4) is 0 Å². The predicted octanol–water partition coefficient (Wildman–Crippen LogP) is 11.3. The van der Waals surface area contributed by atoms with Gasteiger partial charge in [-0.25, -0.2) is 4.79 Å². The quantitative estimate of drug-likeness (QED) is 0.0541. The minimum atomic E-state index is -0.450. The van der Waals surface area contributed by atoms with Crippen LogP contribution in [0.15, 0.2) is 24.3 Å². The number of unbranched alkanes of at least 4 members (excludes halogenated alkanes) is 15. The van der Waals surface area contributed by atoms with E-state index in [9.17, 15) is 4.79 Å². The molecule has 40 heavy (non-hydrogen) atoms. The van der Waals surface area contributed by atoms with Gasteiger partial charge in [-0.15, -0.1) is 0 Å². The standard InChI is InChI=1S/C36H67NO3/c1-3-5-7-9-11-13-14-15-16-17-18-19-21-23-25-30-35(29-24-22-20-12-10-8-6-4-2)40-36(38)39-34-28-33-37-31-26-27-32-37/h11,13,15-16,35H,3-10,12,14,17-34H2,1-2H3/b13-11-,16-15-. The predicted molar refractivity (Wildman–Crippen MR) is 173 cm³/mol. The monoisotopic (exact) mass is 562 g/mol. The van der Waals surface area contributed by atoms with E-state index in [0.717, 1.165) is 45.1 Å². The van der Waals surface area contributed by atoms with Crippen molar-refractivity contribution >= 4 is 6.16 Å². The number of carbonyl (C=O) groups is 1. The van der Waals surface area contributed by atoms with E-state index in [1.807, 2.05) is 0 Å². The van der Waals surface area contributed by atoms with Crippen molar-refractivity contribution in [3.05, 3.63) is 24.3 Å². The van der Waals surface area contributed by atoms with Crippen molar-refractivity contribution < 1.29 is 14.3 Å². The Morgan fingerprint density at radius 3 is 1.75 bits per heavy atom. The zero-order chi connectivity index (χ0) is 28.8. The smallest absolute Gasteiger partial charge is 0.434 e. The fourth-order valence-corrected chi connectivity index (χ4v) is 5.57. The second-order valence-corrected chi connectivity index (χ2v) is 12.0. The number of rotatable bonds is 28. The summed E-state index contributed by atoms with van der Waals surface area (Å²) in [5.41, 5.74) is 0. The van der Waals surface area contributed by atoms with Crippen LogP contribution in [-0.2, 0) is 9.47 Å². The van der Waals surface area contributed by atoms with Crippen LogP contribution in [0.25, 0.3) is 0 Å². The molecule has 0 bridgehead atoms. The van der Waals surface area contributed by atoms with E-state index in [1.54, 1.807) is 0 Å². The van der Waals surface area contributed by atoms with Gasteiger partial charge in [0.1, 0.15) is 6.10 Å². The van der Waals surface area contributed by atoms with E-state index in [0.29, 0.717) is 6.61 Å². The fourth-order valence-electron chi connectivity index (χ4n) is 5.57. The third-order valence-electron chi connectivity index (χ3n) is 8.16. The number of likely N-dealkylation sites (tertiary alicyclic amines) is 1. The Bertz CT molecular complexity index is 597. The van der Waals surface area contributed by atoms with Crippen molar-refractivity contribution in [2.24, 2.45) is 0 Å². The topological polar surface area (TPSA) is 38.8 Å². The highest BCUT2D eigenvalue weighted by Crippen LogP contribution is 2.18. The van der Waals surface area contributed by atoms with E-state index < -0.39 is 6.16 Å². The van der Waals surface area contributed by atoms with Crippen LogP contribution in [0.1, 0.15) is 168 Å². The highest BCUT2D eigenvalue weighted by atomic mass is 16.7. The first-order valence-corrected chi connectivity index (χ1v) is 17.6. The summed E-state index contributed by atoms with van der Waals surface area (Å²) in [5.74, 6) is 0. The first-order chi connectivity index (χ1) is 19.8. The van der Waals surface area contributed by atoms with Gasteiger partial charge in [0.15, 0.2) is 0 Å². The maximum Gasteiger partial charge on any atom is 0.508 e. The Morgan fingerprint density at radius 1 is 0.650 bits per heavy atom. The van der Waals surface area contributed by atoms with Gasteiger partial charge in [0, 0.05) is 6.54 Å². The summed E-state index contributed by atoms with van der Waals surface area (Å²) in [6, 6.07) is 0. The molecule has 1 saturated heterocycles. The molecule has 0 aromatic heterocycles. The fraction of sp³-hybridized carbons (Fsp3) is 0.861. The van der Waals surface area contributed by atoms with E-state index in [4.69, 9.17) is 9.47 Å². The van der Waals surface area contributed by atoms with Crippen LogP contribution in [0.4, 0.5) is 4.79 Å². The number of ether oxygens (including phenoxy) is 2. The lowest BCUT2D eigenvalue weighted by atomic mass is 10.0. The summed E-state index contributed by atoms with van der Waals surface area (Å²) in [5, 5.41) is 0. The lowest BCUT2D eigenvalue weighted by Gasteiger charge is -2.18. The van der Waals surface area contributed by atoms with E-state index >= 15 is 0 Å². The average Bonchev–Trinajstić information content (AvgIpc) is 3.48. The number of hydrogen-bond acceptors (Lipinski definition) is 4. The van der Waals surface area contributed by atoms with Crippen molar-refractivity contribution in [2.75, 3.05) is 26.2 Å². The van der Waals surface area contributed by atoms with Crippen LogP contribution in [0.3, 0.4) is 0 Å². The summed E-state index contributed by atoms with van der Waals surface area (Å²) in [6.45, 7) is 8.42. The first-order valence-electron chi connectivity index (χ1n) is 17.6. The van der Waals surface area contributed by atoms with E-state index in [1.165, 1.54) is 129 Å². The second-order valence-electron chi connectivity index (χ2n) is 12.0. The Balaban J connectivity index is 2.15. The molecule has 0 aromatic rings. The van der Waals surface area contributed by atoms with Crippen molar-refractivity contribution in [3.63, 3.8) is 0 Å². The van der Waals surface area contributed by atoms with Crippen LogP contribution in [0.2, 0.25) is 0 Å². The Labute approximate surface area is 249 Å². The molecular weight excluding hydrogens is 494 g/mol. The van der Waals surface area contributed by atoms with E-state index in [2.05, 4.69) is 43.1 Å². The number of allylic oxidation sites excluding steroid dienone is 4. The van der Waals surface area contributed by atoms with Gasteiger partial charge in [-0.2, -0.15) is 0 Å². The van der Waals surface area contributed by atoms with Gasteiger partial charge in [-0.05, 0) is 90.1 Å². The largest absolute Gasteiger partial charge is 0.508 e. The molecule has 234 valence electrons. The molecule has 0 N–H and O–H groups in total. The first kappa shape index (κ1) is 36.7. The Hall–Kier alpha value is -1.29. The van der Waals surface area contributed by atoms with Crippen LogP contribution >= 0.6 is 0 Å². The van der Waals surface area contributed by atoms with Gasteiger partial charge in [-0.3, -0.25) is 0 Å². The molecule has 1 atom stereocenters. The van der Waals surface area contributed by atoms with Crippen molar-refractivity contribution in [2.45, 2.75) is 174 Å². The third kappa shape index (κ3) is 24.5.